The number of carboxylic acid groups (broad SMARTS) is 1. The molecule has 2 amide bonds. The lowest BCUT2D eigenvalue weighted by atomic mass is 9.82. The molecule has 19 heavy (non-hydrogen) atoms. The molecule has 1 aliphatic rings. The molecule has 0 aromatic heterocycles. The van der Waals surface area contributed by atoms with Crippen molar-refractivity contribution in [2.45, 2.75) is 31.8 Å². The summed E-state index contributed by atoms with van der Waals surface area (Å²) in [6.45, 7) is 1.86. The largest absolute Gasteiger partial charge is 0.465 e. The first-order chi connectivity index (χ1) is 9.02. The van der Waals surface area contributed by atoms with E-state index in [0.717, 1.165) is 5.56 Å². The molecule has 1 heterocycles. The molecule has 5 heteroatoms. The molecule has 5 nitrogen and oxygen atoms in total. The van der Waals surface area contributed by atoms with Crippen LogP contribution in [0.25, 0.3) is 0 Å². The van der Waals surface area contributed by atoms with Crippen molar-refractivity contribution in [2.75, 3.05) is 0 Å². The van der Waals surface area contributed by atoms with Crippen LogP contribution < -0.4 is 5.73 Å². The number of benzene rings is 1. The monoisotopic (exact) mass is 262 g/mol. The lowest BCUT2D eigenvalue weighted by Crippen LogP contribution is -2.50. The summed E-state index contributed by atoms with van der Waals surface area (Å²) in [5, 5.41) is 9.41. The number of primary amides is 1. The van der Waals surface area contributed by atoms with Crippen LogP contribution in [0.2, 0.25) is 0 Å². The van der Waals surface area contributed by atoms with Crippen LogP contribution in [0.15, 0.2) is 30.3 Å². The molecule has 1 fully saturated rings. The fourth-order valence-corrected chi connectivity index (χ4v) is 2.83. The molecule has 1 saturated heterocycles. The van der Waals surface area contributed by atoms with E-state index in [0.29, 0.717) is 12.8 Å². The molecule has 102 valence electrons. The van der Waals surface area contributed by atoms with Gasteiger partial charge < -0.3 is 10.8 Å². The molecule has 0 aliphatic carbocycles. The maximum atomic E-state index is 11.6. The van der Waals surface area contributed by atoms with Gasteiger partial charge >= 0.3 is 6.09 Å². The Kier molecular flexibility index (Phi) is 3.74. The van der Waals surface area contributed by atoms with Crippen molar-refractivity contribution in [1.82, 2.24) is 4.90 Å². The van der Waals surface area contributed by atoms with Gasteiger partial charge in [0.2, 0.25) is 5.91 Å². The minimum Gasteiger partial charge on any atom is -0.465 e. The number of likely N-dealkylation sites (tertiary alicyclic amines) is 1. The SMILES string of the molecule is CC1CCC(C(N)=O)C(c2ccccc2)N1C(=O)O. The lowest BCUT2D eigenvalue weighted by Gasteiger charge is -2.42. The first-order valence-corrected chi connectivity index (χ1v) is 6.38. The average Bonchev–Trinajstić information content (AvgIpc) is 2.38. The number of rotatable bonds is 2. The van der Waals surface area contributed by atoms with Gasteiger partial charge in [-0.15, -0.1) is 0 Å². The van der Waals surface area contributed by atoms with Crippen molar-refractivity contribution in [2.24, 2.45) is 11.7 Å². The van der Waals surface area contributed by atoms with Gasteiger partial charge in [-0.25, -0.2) is 4.79 Å². The zero-order valence-electron chi connectivity index (χ0n) is 10.8. The predicted molar refractivity (Wildman–Crippen MR) is 70.4 cm³/mol. The van der Waals surface area contributed by atoms with E-state index in [1.807, 2.05) is 37.3 Å². The molecule has 3 atom stereocenters. The van der Waals surface area contributed by atoms with Crippen LogP contribution in [-0.4, -0.2) is 28.0 Å². The molecule has 0 saturated carbocycles. The summed E-state index contributed by atoms with van der Waals surface area (Å²) in [7, 11) is 0. The van der Waals surface area contributed by atoms with Gasteiger partial charge in [-0.1, -0.05) is 30.3 Å². The van der Waals surface area contributed by atoms with E-state index in [1.165, 1.54) is 4.90 Å². The fraction of sp³-hybridized carbons (Fsp3) is 0.429. The van der Waals surface area contributed by atoms with Crippen LogP contribution in [0.5, 0.6) is 0 Å². The first-order valence-electron chi connectivity index (χ1n) is 6.38. The second kappa shape index (κ2) is 5.30. The molecule has 0 spiro atoms. The van der Waals surface area contributed by atoms with Crippen LogP contribution in [0.1, 0.15) is 31.4 Å². The number of carbonyl (C=O) groups excluding carboxylic acids is 1. The van der Waals surface area contributed by atoms with Crippen LogP contribution in [-0.2, 0) is 4.79 Å². The van der Waals surface area contributed by atoms with Crippen LogP contribution in [0, 0.1) is 5.92 Å². The highest BCUT2D eigenvalue weighted by Crippen LogP contribution is 2.38. The number of nitrogens with zero attached hydrogens (tertiary/aromatic N) is 1. The third kappa shape index (κ3) is 2.54. The van der Waals surface area contributed by atoms with Crippen molar-refractivity contribution in [3.63, 3.8) is 0 Å². The maximum Gasteiger partial charge on any atom is 0.408 e. The summed E-state index contributed by atoms with van der Waals surface area (Å²) in [5.41, 5.74) is 6.26. The van der Waals surface area contributed by atoms with E-state index < -0.39 is 24.0 Å². The Morgan fingerprint density at radius 1 is 1.26 bits per heavy atom. The van der Waals surface area contributed by atoms with Crippen molar-refractivity contribution in [3.05, 3.63) is 35.9 Å². The van der Waals surface area contributed by atoms with E-state index in [1.54, 1.807) is 0 Å². The zero-order valence-corrected chi connectivity index (χ0v) is 10.8. The number of hydrogen-bond donors (Lipinski definition) is 2. The molecule has 1 aromatic carbocycles. The van der Waals surface area contributed by atoms with Crippen LogP contribution in [0.4, 0.5) is 4.79 Å². The van der Waals surface area contributed by atoms with Crippen molar-refractivity contribution < 1.29 is 14.7 Å². The highest BCUT2D eigenvalue weighted by molar-refractivity contribution is 5.79. The van der Waals surface area contributed by atoms with Crippen molar-refractivity contribution in [3.8, 4) is 0 Å². The summed E-state index contributed by atoms with van der Waals surface area (Å²) in [4.78, 5) is 24.5. The fourth-order valence-electron chi connectivity index (χ4n) is 2.83. The average molecular weight is 262 g/mol. The van der Waals surface area contributed by atoms with Crippen molar-refractivity contribution >= 4 is 12.0 Å². The summed E-state index contributed by atoms with van der Waals surface area (Å²) in [5.74, 6) is -0.901. The Balaban J connectivity index is 2.44. The Hall–Kier alpha value is -2.04. The molecule has 3 N–H and O–H groups in total. The molecule has 3 unspecified atom stereocenters. The minimum atomic E-state index is -1.01. The van der Waals surface area contributed by atoms with E-state index in [-0.39, 0.29) is 6.04 Å². The van der Waals surface area contributed by atoms with Gasteiger partial charge in [0.25, 0.3) is 0 Å². The Labute approximate surface area is 112 Å². The molecule has 1 aromatic rings. The van der Waals surface area contributed by atoms with E-state index in [2.05, 4.69) is 0 Å². The van der Waals surface area contributed by atoms with E-state index in [9.17, 15) is 14.7 Å². The summed E-state index contributed by atoms with van der Waals surface area (Å²) in [6, 6.07) is 8.63. The van der Waals surface area contributed by atoms with Gasteiger partial charge in [-0.2, -0.15) is 0 Å². The predicted octanol–water partition coefficient (Wildman–Crippen LogP) is 1.99. The first kappa shape index (κ1) is 13.4. The minimum absolute atomic E-state index is 0.113. The Morgan fingerprint density at radius 3 is 2.42 bits per heavy atom. The molecule has 0 radical (unpaired) electrons. The van der Waals surface area contributed by atoms with Gasteiger partial charge in [-0.05, 0) is 25.3 Å². The highest BCUT2D eigenvalue weighted by Gasteiger charge is 2.41. The second-order valence-electron chi connectivity index (χ2n) is 4.98. The number of carbonyl (C=O) groups is 2. The van der Waals surface area contributed by atoms with E-state index in [4.69, 9.17) is 5.73 Å². The zero-order chi connectivity index (χ0) is 14.0. The van der Waals surface area contributed by atoms with Gasteiger partial charge in [0.05, 0.1) is 12.0 Å². The normalized spacial score (nSPS) is 27.0. The summed E-state index contributed by atoms with van der Waals surface area (Å²) in [6.07, 6.45) is 0.274. The smallest absolute Gasteiger partial charge is 0.408 e. The van der Waals surface area contributed by atoms with Crippen LogP contribution in [0.3, 0.4) is 0 Å². The number of nitrogens with two attached hydrogens (primary N) is 1. The van der Waals surface area contributed by atoms with E-state index >= 15 is 0 Å². The topological polar surface area (TPSA) is 83.6 Å². The Morgan fingerprint density at radius 2 is 1.89 bits per heavy atom. The quantitative estimate of drug-likeness (QED) is 0.854. The number of amides is 2. The van der Waals surface area contributed by atoms with Gasteiger partial charge in [0.15, 0.2) is 0 Å². The molecular formula is C14H18N2O3. The Bertz CT molecular complexity index is 475. The molecule has 0 bridgehead atoms. The summed E-state index contributed by atoms with van der Waals surface area (Å²) >= 11 is 0. The summed E-state index contributed by atoms with van der Waals surface area (Å²) < 4.78 is 0. The second-order valence-corrected chi connectivity index (χ2v) is 4.98. The molecular weight excluding hydrogens is 244 g/mol. The third-order valence-corrected chi connectivity index (χ3v) is 3.78. The molecule has 1 aliphatic heterocycles. The number of piperidine rings is 1. The van der Waals surface area contributed by atoms with Gasteiger partial charge in [0, 0.05) is 6.04 Å². The lowest BCUT2D eigenvalue weighted by molar-refractivity contribution is -0.126. The number of hydrogen-bond acceptors (Lipinski definition) is 2. The third-order valence-electron chi connectivity index (χ3n) is 3.78. The van der Waals surface area contributed by atoms with Crippen molar-refractivity contribution in [1.29, 1.82) is 0 Å². The maximum absolute atomic E-state index is 11.6. The standard InChI is InChI=1S/C14H18N2O3/c1-9-7-8-11(13(15)17)12(16(9)14(18)19)10-5-3-2-4-6-10/h2-6,9,11-12H,7-8H2,1H3,(H2,15,17)(H,18,19). The highest BCUT2D eigenvalue weighted by atomic mass is 16.4. The molecule has 2 rings (SSSR count). The van der Waals surface area contributed by atoms with Gasteiger partial charge in [-0.3, -0.25) is 9.69 Å². The van der Waals surface area contributed by atoms with Gasteiger partial charge in [0.1, 0.15) is 0 Å². The van der Waals surface area contributed by atoms with Crippen LogP contribution >= 0.6 is 0 Å².